The third kappa shape index (κ3) is 5.22. The summed E-state index contributed by atoms with van der Waals surface area (Å²) in [5.41, 5.74) is 2.53. The maximum Gasteiger partial charge on any atom is 0.245 e. The van der Waals surface area contributed by atoms with Crippen molar-refractivity contribution in [1.29, 1.82) is 0 Å². The number of methoxy groups -OCH3 is 1. The Hall–Kier alpha value is -2.35. The molecule has 3 rings (SSSR count). The highest BCUT2D eigenvalue weighted by molar-refractivity contribution is 9.10. The number of nitrogens with zero attached hydrogens (tertiary/aromatic N) is 1. The van der Waals surface area contributed by atoms with Gasteiger partial charge in [-0.1, -0.05) is 55.5 Å². The lowest BCUT2D eigenvalue weighted by Gasteiger charge is -2.23. The first kappa shape index (κ1) is 22.3. The van der Waals surface area contributed by atoms with Gasteiger partial charge in [-0.25, -0.2) is 8.42 Å². The molecular weight excluding hydrogens is 464 g/mol. The first-order valence-corrected chi connectivity index (χ1v) is 11.9. The van der Waals surface area contributed by atoms with Crippen LogP contribution in [0.1, 0.15) is 18.1 Å². The fourth-order valence-corrected chi connectivity index (χ4v) is 5.38. The summed E-state index contributed by atoms with van der Waals surface area (Å²) in [6, 6.07) is 22.5. The summed E-state index contributed by atoms with van der Waals surface area (Å²) < 4.78 is 34.4. The molecule has 3 aromatic carbocycles. The topological polar surface area (TPSA) is 58.6 Å². The van der Waals surface area contributed by atoms with Gasteiger partial charge in [0.1, 0.15) is 10.6 Å². The first-order chi connectivity index (χ1) is 14.5. The summed E-state index contributed by atoms with van der Waals surface area (Å²) in [7, 11) is -2.11. The monoisotopic (exact) mass is 488 g/mol. The van der Waals surface area contributed by atoms with Crippen molar-refractivity contribution in [3.05, 3.63) is 88.4 Å². The van der Waals surface area contributed by atoms with Crippen molar-refractivity contribution in [1.82, 2.24) is 4.31 Å². The second kappa shape index (κ2) is 10.1. The van der Waals surface area contributed by atoms with Gasteiger partial charge >= 0.3 is 0 Å². The molecule has 0 atom stereocenters. The summed E-state index contributed by atoms with van der Waals surface area (Å²) >= 11 is 3.51. The maximum atomic E-state index is 13.5. The van der Waals surface area contributed by atoms with Gasteiger partial charge in [0.2, 0.25) is 10.0 Å². The highest BCUT2D eigenvalue weighted by Crippen LogP contribution is 2.33. The van der Waals surface area contributed by atoms with Crippen LogP contribution in [0.2, 0.25) is 0 Å². The number of anilines is 1. The number of rotatable bonds is 9. The Labute approximate surface area is 186 Å². The average Bonchev–Trinajstić information content (AvgIpc) is 2.77. The first-order valence-electron chi connectivity index (χ1n) is 9.65. The van der Waals surface area contributed by atoms with Crippen molar-refractivity contribution in [2.24, 2.45) is 0 Å². The third-order valence-electron chi connectivity index (χ3n) is 4.78. The van der Waals surface area contributed by atoms with Gasteiger partial charge in [-0.05, 0) is 51.3 Å². The van der Waals surface area contributed by atoms with Gasteiger partial charge in [0, 0.05) is 24.1 Å². The quantitative estimate of drug-likeness (QED) is 0.444. The Morgan fingerprint density at radius 1 is 0.933 bits per heavy atom. The summed E-state index contributed by atoms with van der Waals surface area (Å²) in [6.07, 6.45) is 0. The highest BCUT2D eigenvalue weighted by atomic mass is 79.9. The molecule has 0 heterocycles. The van der Waals surface area contributed by atoms with Crippen LogP contribution in [-0.4, -0.2) is 26.4 Å². The molecule has 3 aromatic rings. The standard InChI is InChI=1S/C23H25BrN2O3S/c1-3-26(17-19-12-14-20(29-2)15-13-19)30(27,28)22-11-7-10-21(24)23(22)25-16-18-8-5-4-6-9-18/h4-15,25H,3,16-17H2,1-2H3. The van der Waals surface area contributed by atoms with Crippen molar-refractivity contribution in [2.75, 3.05) is 19.0 Å². The van der Waals surface area contributed by atoms with Crippen LogP contribution >= 0.6 is 15.9 Å². The molecule has 0 spiro atoms. The van der Waals surface area contributed by atoms with Crippen LogP contribution in [-0.2, 0) is 23.1 Å². The SMILES string of the molecule is CCN(Cc1ccc(OC)cc1)S(=O)(=O)c1cccc(Br)c1NCc1ccccc1. The molecule has 0 radical (unpaired) electrons. The molecule has 0 amide bonds. The number of halogens is 1. The predicted octanol–water partition coefficient (Wildman–Crippen LogP) is 5.28. The molecule has 0 fully saturated rings. The van der Waals surface area contributed by atoms with E-state index in [-0.39, 0.29) is 11.4 Å². The van der Waals surface area contributed by atoms with Gasteiger partial charge in [-0.2, -0.15) is 4.31 Å². The van der Waals surface area contributed by atoms with E-state index < -0.39 is 10.0 Å². The molecule has 158 valence electrons. The van der Waals surface area contributed by atoms with Crippen molar-refractivity contribution >= 4 is 31.6 Å². The minimum atomic E-state index is -3.71. The van der Waals surface area contributed by atoms with Gasteiger partial charge in [0.05, 0.1) is 12.8 Å². The summed E-state index contributed by atoms with van der Waals surface area (Å²) in [5, 5.41) is 3.29. The summed E-state index contributed by atoms with van der Waals surface area (Å²) in [5.74, 6) is 0.740. The van der Waals surface area contributed by atoms with Crippen molar-refractivity contribution in [3.8, 4) is 5.75 Å². The van der Waals surface area contributed by atoms with Gasteiger partial charge in [-0.15, -0.1) is 0 Å². The summed E-state index contributed by atoms with van der Waals surface area (Å²) in [4.78, 5) is 0.253. The van der Waals surface area contributed by atoms with E-state index in [1.807, 2.05) is 67.6 Å². The lowest BCUT2D eigenvalue weighted by Crippen LogP contribution is -2.31. The van der Waals surface area contributed by atoms with Crippen molar-refractivity contribution in [3.63, 3.8) is 0 Å². The summed E-state index contributed by atoms with van der Waals surface area (Å²) in [6.45, 7) is 3.01. The van der Waals surface area contributed by atoms with E-state index in [9.17, 15) is 8.42 Å². The lowest BCUT2D eigenvalue weighted by atomic mass is 10.2. The fraction of sp³-hybridized carbons (Fsp3) is 0.217. The molecule has 0 aromatic heterocycles. The number of benzene rings is 3. The molecular formula is C23H25BrN2O3S. The zero-order valence-electron chi connectivity index (χ0n) is 17.0. The zero-order chi connectivity index (χ0) is 21.6. The Morgan fingerprint density at radius 2 is 1.63 bits per heavy atom. The fourth-order valence-electron chi connectivity index (χ4n) is 3.12. The predicted molar refractivity (Wildman–Crippen MR) is 124 cm³/mol. The molecule has 0 saturated heterocycles. The van der Waals surface area contributed by atoms with E-state index in [0.717, 1.165) is 16.9 Å². The van der Waals surface area contributed by atoms with Crippen LogP contribution < -0.4 is 10.1 Å². The van der Waals surface area contributed by atoms with Crippen LogP contribution in [0.5, 0.6) is 5.75 Å². The lowest BCUT2D eigenvalue weighted by molar-refractivity contribution is 0.412. The molecule has 0 saturated carbocycles. The highest BCUT2D eigenvalue weighted by Gasteiger charge is 2.27. The second-order valence-corrected chi connectivity index (χ2v) is 9.49. The molecule has 1 N–H and O–H groups in total. The zero-order valence-corrected chi connectivity index (χ0v) is 19.4. The average molecular weight is 489 g/mol. The molecule has 0 bridgehead atoms. The molecule has 30 heavy (non-hydrogen) atoms. The van der Waals surface area contributed by atoms with Crippen LogP contribution in [0, 0.1) is 0 Å². The minimum Gasteiger partial charge on any atom is -0.497 e. The molecule has 0 aliphatic rings. The van der Waals surface area contributed by atoms with E-state index in [1.165, 1.54) is 4.31 Å². The molecule has 0 aliphatic heterocycles. The van der Waals surface area contributed by atoms with Crippen LogP contribution in [0.15, 0.2) is 82.2 Å². The number of sulfonamides is 1. The van der Waals surface area contributed by atoms with Crippen LogP contribution in [0.25, 0.3) is 0 Å². The number of para-hydroxylation sites is 1. The number of hydrogen-bond donors (Lipinski definition) is 1. The Bertz CT molecular complexity index is 1070. The molecule has 5 nitrogen and oxygen atoms in total. The largest absolute Gasteiger partial charge is 0.497 e. The maximum absolute atomic E-state index is 13.5. The van der Waals surface area contributed by atoms with Crippen molar-refractivity contribution < 1.29 is 13.2 Å². The minimum absolute atomic E-state index is 0.253. The number of hydrogen-bond acceptors (Lipinski definition) is 4. The van der Waals surface area contributed by atoms with E-state index in [0.29, 0.717) is 23.2 Å². The third-order valence-corrected chi connectivity index (χ3v) is 7.40. The van der Waals surface area contributed by atoms with E-state index in [2.05, 4.69) is 21.2 Å². The van der Waals surface area contributed by atoms with E-state index >= 15 is 0 Å². The van der Waals surface area contributed by atoms with Crippen molar-refractivity contribution in [2.45, 2.75) is 24.9 Å². The van der Waals surface area contributed by atoms with Gasteiger partial charge in [0.25, 0.3) is 0 Å². The van der Waals surface area contributed by atoms with Crippen LogP contribution in [0.4, 0.5) is 5.69 Å². The van der Waals surface area contributed by atoms with Gasteiger partial charge in [0.15, 0.2) is 0 Å². The normalized spacial score (nSPS) is 11.5. The van der Waals surface area contributed by atoms with Crippen LogP contribution in [0.3, 0.4) is 0 Å². The molecule has 0 unspecified atom stereocenters. The molecule has 0 aliphatic carbocycles. The number of ether oxygens (including phenoxy) is 1. The second-order valence-electron chi connectivity index (χ2n) is 6.73. The van der Waals surface area contributed by atoms with E-state index in [4.69, 9.17) is 4.74 Å². The Morgan fingerprint density at radius 3 is 2.27 bits per heavy atom. The van der Waals surface area contributed by atoms with E-state index in [1.54, 1.807) is 19.2 Å². The smallest absolute Gasteiger partial charge is 0.245 e. The number of nitrogens with one attached hydrogen (secondary N) is 1. The Kier molecular flexibility index (Phi) is 7.53. The van der Waals surface area contributed by atoms with Gasteiger partial charge in [-0.3, -0.25) is 0 Å². The molecule has 7 heteroatoms. The Balaban J connectivity index is 1.88. The van der Waals surface area contributed by atoms with Gasteiger partial charge < -0.3 is 10.1 Å².